The first-order valence-corrected chi connectivity index (χ1v) is 6.84. The molecule has 1 N–H and O–H groups in total. The lowest BCUT2D eigenvalue weighted by Crippen LogP contribution is -2.22. The molecule has 0 aliphatic carbocycles. The summed E-state index contributed by atoms with van der Waals surface area (Å²) in [7, 11) is 0. The summed E-state index contributed by atoms with van der Waals surface area (Å²) in [6.45, 7) is 10.5. The molecule has 0 radical (unpaired) electrons. The number of rotatable bonds is 5. The second-order valence-corrected chi connectivity index (χ2v) is 5.45. The fourth-order valence-corrected chi connectivity index (χ4v) is 2.30. The summed E-state index contributed by atoms with van der Waals surface area (Å²) in [5.41, 5.74) is 1.45. The standard InChI is InChI=1S/C17H20O4/c1-5-11(3)9-20-13-8-7-12(16(18)19)14-15(13)21-10-17(14,4)6-2/h5-8H,2,9-10H2,1,3-4H3,(H,18,19)/b11-5+. The van der Waals surface area contributed by atoms with E-state index < -0.39 is 11.4 Å². The Morgan fingerprint density at radius 1 is 1.57 bits per heavy atom. The second-order valence-electron chi connectivity index (χ2n) is 5.45. The molecule has 1 aliphatic rings. The molecule has 0 saturated carbocycles. The minimum Gasteiger partial charge on any atom is -0.488 e. The minimum atomic E-state index is -0.971. The van der Waals surface area contributed by atoms with Crippen molar-refractivity contribution < 1.29 is 19.4 Å². The largest absolute Gasteiger partial charge is 0.488 e. The van der Waals surface area contributed by atoms with Gasteiger partial charge in [-0.05, 0) is 38.5 Å². The van der Waals surface area contributed by atoms with Crippen LogP contribution in [0.3, 0.4) is 0 Å². The molecule has 0 aromatic heterocycles. The number of carboxylic acids is 1. The second kappa shape index (κ2) is 5.64. The first-order chi connectivity index (χ1) is 9.92. The average molecular weight is 288 g/mol. The Bertz CT molecular complexity index is 615. The van der Waals surface area contributed by atoms with Crippen LogP contribution in [0.25, 0.3) is 0 Å². The summed E-state index contributed by atoms with van der Waals surface area (Å²) < 4.78 is 11.5. The van der Waals surface area contributed by atoms with Gasteiger partial charge < -0.3 is 14.6 Å². The first kappa shape index (κ1) is 15.2. The monoisotopic (exact) mass is 288 g/mol. The number of aromatic carboxylic acids is 1. The Balaban J connectivity index is 2.49. The predicted octanol–water partition coefficient (Wildman–Crippen LogP) is 3.57. The van der Waals surface area contributed by atoms with Gasteiger partial charge in [0.15, 0.2) is 11.5 Å². The Labute approximate surface area is 124 Å². The van der Waals surface area contributed by atoms with Crippen LogP contribution in [-0.4, -0.2) is 24.3 Å². The highest BCUT2D eigenvalue weighted by Gasteiger charge is 2.39. The molecule has 1 aromatic carbocycles. The third kappa shape index (κ3) is 2.66. The fourth-order valence-electron chi connectivity index (χ4n) is 2.30. The zero-order valence-corrected chi connectivity index (χ0v) is 12.6. The van der Waals surface area contributed by atoms with Crippen LogP contribution in [0.2, 0.25) is 0 Å². The number of allylic oxidation sites excluding steroid dienone is 1. The smallest absolute Gasteiger partial charge is 0.336 e. The van der Waals surface area contributed by atoms with Crippen molar-refractivity contribution in [2.45, 2.75) is 26.2 Å². The van der Waals surface area contributed by atoms with Crippen LogP contribution in [0.1, 0.15) is 36.7 Å². The summed E-state index contributed by atoms with van der Waals surface area (Å²) >= 11 is 0. The number of carbonyl (C=O) groups is 1. The minimum absolute atomic E-state index is 0.236. The van der Waals surface area contributed by atoms with Gasteiger partial charge in [0.2, 0.25) is 0 Å². The van der Waals surface area contributed by atoms with Gasteiger partial charge in [-0.1, -0.05) is 12.2 Å². The van der Waals surface area contributed by atoms with Crippen molar-refractivity contribution in [3.8, 4) is 11.5 Å². The first-order valence-electron chi connectivity index (χ1n) is 6.84. The number of fused-ring (bicyclic) bond motifs is 1. The van der Waals surface area contributed by atoms with Crippen molar-refractivity contribution in [3.05, 3.63) is 47.6 Å². The number of carboxylic acid groups (broad SMARTS) is 1. The lowest BCUT2D eigenvalue weighted by molar-refractivity contribution is 0.0695. The number of ether oxygens (including phenoxy) is 2. The quantitative estimate of drug-likeness (QED) is 0.842. The molecule has 0 bridgehead atoms. The van der Waals surface area contributed by atoms with Crippen molar-refractivity contribution in [2.75, 3.05) is 13.2 Å². The third-order valence-electron chi connectivity index (χ3n) is 3.84. The maximum Gasteiger partial charge on any atom is 0.336 e. The van der Waals surface area contributed by atoms with Gasteiger partial charge in [0.05, 0.1) is 5.56 Å². The van der Waals surface area contributed by atoms with Gasteiger partial charge in [0.25, 0.3) is 0 Å². The normalized spacial score (nSPS) is 20.6. The Morgan fingerprint density at radius 3 is 2.86 bits per heavy atom. The molecule has 4 heteroatoms. The predicted molar refractivity (Wildman–Crippen MR) is 81.4 cm³/mol. The van der Waals surface area contributed by atoms with Gasteiger partial charge in [-0.15, -0.1) is 6.58 Å². The highest BCUT2D eigenvalue weighted by molar-refractivity contribution is 5.92. The molecule has 0 fully saturated rings. The van der Waals surface area contributed by atoms with Crippen LogP contribution in [0.15, 0.2) is 36.4 Å². The lowest BCUT2D eigenvalue weighted by atomic mass is 9.82. The SMILES string of the molecule is C=CC1(C)COc2c(OC/C(C)=C/C)ccc(C(=O)O)c21. The van der Waals surface area contributed by atoms with E-state index in [-0.39, 0.29) is 5.56 Å². The van der Waals surface area contributed by atoms with Gasteiger partial charge in [0.1, 0.15) is 13.2 Å². The van der Waals surface area contributed by atoms with Crippen LogP contribution in [0.5, 0.6) is 11.5 Å². The van der Waals surface area contributed by atoms with Crippen molar-refractivity contribution in [3.63, 3.8) is 0 Å². The van der Waals surface area contributed by atoms with E-state index in [1.165, 1.54) is 0 Å². The molecular weight excluding hydrogens is 268 g/mol. The summed E-state index contributed by atoms with van der Waals surface area (Å²) in [5.74, 6) is 0.115. The molecule has 112 valence electrons. The van der Waals surface area contributed by atoms with E-state index in [0.717, 1.165) is 5.57 Å². The summed E-state index contributed by atoms with van der Waals surface area (Å²) in [4.78, 5) is 11.4. The van der Waals surface area contributed by atoms with Crippen molar-refractivity contribution >= 4 is 5.97 Å². The Hall–Kier alpha value is -2.23. The van der Waals surface area contributed by atoms with Crippen LogP contribution in [0, 0.1) is 0 Å². The third-order valence-corrected chi connectivity index (χ3v) is 3.84. The van der Waals surface area contributed by atoms with Gasteiger partial charge in [-0.2, -0.15) is 0 Å². The number of hydrogen-bond donors (Lipinski definition) is 1. The summed E-state index contributed by atoms with van der Waals surface area (Å²) in [6, 6.07) is 3.22. The van der Waals surface area contributed by atoms with E-state index in [1.807, 2.05) is 26.8 Å². The van der Waals surface area contributed by atoms with Crippen molar-refractivity contribution in [1.29, 1.82) is 0 Å². The molecule has 0 saturated heterocycles. The van der Waals surface area contributed by atoms with E-state index in [4.69, 9.17) is 9.47 Å². The molecule has 4 nitrogen and oxygen atoms in total. The molecular formula is C17H20O4. The molecule has 1 heterocycles. The fraction of sp³-hybridized carbons (Fsp3) is 0.353. The van der Waals surface area contributed by atoms with E-state index in [2.05, 4.69) is 6.58 Å². The molecule has 1 unspecified atom stereocenters. The van der Waals surface area contributed by atoms with Crippen LogP contribution < -0.4 is 9.47 Å². The van der Waals surface area contributed by atoms with Crippen LogP contribution >= 0.6 is 0 Å². The summed E-state index contributed by atoms with van der Waals surface area (Å²) in [5, 5.41) is 9.38. The average Bonchev–Trinajstić information content (AvgIpc) is 2.83. The lowest BCUT2D eigenvalue weighted by Gasteiger charge is -2.19. The van der Waals surface area contributed by atoms with Gasteiger partial charge >= 0.3 is 5.97 Å². The molecule has 2 rings (SSSR count). The van der Waals surface area contributed by atoms with Crippen molar-refractivity contribution in [1.82, 2.24) is 0 Å². The van der Waals surface area contributed by atoms with Crippen LogP contribution in [0.4, 0.5) is 0 Å². The van der Waals surface area contributed by atoms with Gasteiger partial charge in [-0.25, -0.2) is 4.79 Å². The zero-order valence-electron chi connectivity index (χ0n) is 12.6. The topological polar surface area (TPSA) is 55.8 Å². The zero-order chi connectivity index (χ0) is 15.6. The molecule has 1 aliphatic heterocycles. The summed E-state index contributed by atoms with van der Waals surface area (Å²) in [6.07, 6.45) is 3.70. The van der Waals surface area contributed by atoms with Crippen molar-refractivity contribution in [2.24, 2.45) is 0 Å². The number of hydrogen-bond acceptors (Lipinski definition) is 3. The van der Waals surface area contributed by atoms with Crippen LogP contribution in [-0.2, 0) is 5.41 Å². The Morgan fingerprint density at radius 2 is 2.29 bits per heavy atom. The molecule has 21 heavy (non-hydrogen) atoms. The van der Waals surface area contributed by atoms with Gasteiger partial charge in [0, 0.05) is 11.0 Å². The van der Waals surface area contributed by atoms with E-state index >= 15 is 0 Å². The highest BCUT2D eigenvalue weighted by Crippen LogP contribution is 2.47. The number of benzene rings is 1. The van der Waals surface area contributed by atoms with E-state index in [9.17, 15) is 9.90 Å². The molecule has 0 amide bonds. The maximum atomic E-state index is 11.4. The molecule has 1 atom stereocenters. The molecule has 1 aromatic rings. The van der Waals surface area contributed by atoms with Gasteiger partial charge in [-0.3, -0.25) is 0 Å². The maximum absolute atomic E-state index is 11.4. The van der Waals surface area contributed by atoms with E-state index in [0.29, 0.717) is 30.3 Å². The highest BCUT2D eigenvalue weighted by atomic mass is 16.5. The molecule has 0 spiro atoms. The van der Waals surface area contributed by atoms with E-state index in [1.54, 1.807) is 18.2 Å². The Kier molecular flexibility index (Phi) is 4.07.